The lowest BCUT2D eigenvalue weighted by atomic mass is 9.97. The quantitative estimate of drug-likeness (QED) is 0.502. The monoisotopic (exact) mass is 420 g/mol. The lowest BCUT2D eigenvalue weighted by Crippen LogP contribution is -2.29. The summed E-state index contributed by atoms with van der Waals surface area (Å²) in [6.45, 7) is 5.03. The first-order chi connectivity index (χ1) is 15.1. The molecule has 1 N–H and O–H groups in total. The number of hydrogen-bond acceptors (Lipinski definition) is 3. The highest BCUT2D eigenvalue weighted by atomic mass is 19.1. The van der Waals surface area contributed by atoms with Crippen LogP contribution in [0.3, 0.4) is 0 Å². The van der Waals surface area contributed by atoms with Crippen LogP contribution in [0.5, 0.6) is 0 Å². The molecular weight excluding hydrogens is 387 g/mol. The van der Waals surface area contributed by atoms with E-state index in [1.165, 1.54) is 62.6 Å². The van der Waals surface area contributed by atoms with E-state index in [2.05, 4.69) is 43.4 Å². The van der Waals surface area contributed by atoms with Crippen molar-refractivity contribution in [2.75, 3.05) is 0 Å². The highest BCUT2D eigenvalue weighted by Gasteiger charge is 2.16. The molecule has 1 aromatic heterocycles. The van der Waals surface area contributed by atoms with Crippen molar-refractivity contribution in [2.45, 2.75) is 77.3 Å². The summed E-state index contributed by atoms with van der Waals surface area (Å²) in [5.74, 6) is 1.79. The number of hydrogen-bond donors (Lipinski definition) is 1. The molecule has 2 aromatic carbocycles. The van der Waals surface area contributed by atoms with E-state index >= 15 is 0 Å². The Morgan fingerprint density at radius 3 is 2.23 bits per heavy atom. The summed E-state index contributed by atoms with van der Waals surface area (Å²) in [5, 5.41) is 8.47. The molecule has 3 aromatic rings. The molecule has 4 rings (SSSR count). The van der Waals surface area contributed by atoms with Gasteiger partial charge in [-0.25, -0.2) is 14.1 Å². The zero-order valence-corrected chi connectivity index (χ0v) is 18.6. The van der Waals surface area contributed by atoms with Gasteiger partial charge in [0.1, 0.15) is 5.82 Å². The van der Waals surface area contributed by atoms with Crippen molar-refractivity contribution >= 4 is 0 Å². The fraction of sp³-hybridized carbons (Fsp3) is 0.462. The zero-order valence-electron chi connectivity index (χ0n) is 18.6. The maximum atomic E-state index is 13.5. The molecule has 1 heterocycles. The number of benzene rings is 2. The van der Waals surface area contributed by atoms with Gasteiger partial charge in [-0.3, -0.25) is 0 Å². The summed E-state index contributed by atoms with van der Waals surface area (Å²) in [5.41, 5.74) is 3.12. The number of rotatable bonds is 6. The molecule has 0 atom stereocenters. The van der Waals surface area contributed by atoms with Gasteiger partial charge in [0.05, 0.1) is 12.2 Å². The molecule has 0 unspecified atom stereocenters. The fourth-order valence-electron chi connectivity index (χ4n) is 4.29. The Labute approximate surface area is 184 Å². The van der Waals surface area contributed by atoms with Crippen LogP contribution in [0.25, 0.3) is 17.1 Å². The first-order valence-electron chi connectivity index (χ1n) is 11.7. The van der Waals surface area contributed by atoms with E-state index in [0.29, 0.717) is 18.5 Å². The van der Waals surface area contributed by atoms with Crippen molar-refractivity contribution in [3.05, 3.63) is 65.7 Å². The van der Waals surface area contributed by atoms with Crippen molar-refractivity contribution in [1.29, 1.82) is 0 Å². The van der Waals surface area contributed by atoms with Gasteiger partial charge in [0.25, 0.3) is 0 Å². The minimum absolute atomic E-state index is 0.252. The van der Waals surface area contributed by atoms with Gasteiger partial charge in [-0.2, -0.15) is 0 Å². The summed E-state index contributed by atoms with van der Waals surface area (Å²) in [4.78, 5) is 4.88. The van der Waals surface area contributed by atoms with Gasteiger partial charge in [0.15, 0.2) is 11.6 Å². The maximum absolute atomic E-state index is 13.5. The average Bonchev–Trinajstić information content (AvgIpc) is 3.18. The SMILES string of the molecule is CC(C)c1ccc(-c2nc(CNC3CCCCCCC3)nn2-c2ccc(F)cc2)cc1. The minimum Gasteiger partial charge on any atom is -0.307 e. The Balaban J connectivity index is 1.59. The normalized spacial score (nSPS) is 15.7. The molecule has 1 aliphatic rings. The highest BCUT2D eigenvalue weighted by molar-refractivity contribution is 5.58. The van der Waals surface area contributed by atoms with Crippen LogP contribution in [0.15, 0.2) is 48.5 Å². The Morgan fingerprint density at radius 1 is 0.935 bits per heavy atom. The summed E-state index contributed by atoms with van der Waals surface area (Å²) in [6, 6.07) is 15.5. The molecular formula is C26H33FN4. The summed E-state index contributed by atoms with van der Waals surface area (Å²) < 4.78 is 15.3. The topological polar surface area (TPSA) is 42.7 Å². The van der Waals surface area contributed by atoms with E-state index in [4.69, 9.17) is 10.1 Å². The molecule has 1 fully saturated rings. The molecule has 31 heavy (non-hydrogen) atoms. The van der Waals surface area contributed by atoms with Gasteiger partial charge in [0, 0.05) is 11.6 Å². The van der Waals surface area contributed by atoms with Crippen LogP contribution < -0.4 is 5.32 Å². The molecule has 0 saturated heterocycles. The standard InChI is InChI=1S/C26H33FN4/c1-19(2)20-10-12-21(13-11-20)26-29-25(18-28-23-8-6-4-3-5-7-9-23)30-31(26)24-16-14-22(27)15-17-24/h10-17,19,23,28H,3-9,18H2,1-2H3. The van der Waals surface area contributed by atoms with Gasteiger partial charge in [-0.15, -0.1) is 5.10 Å². The molecule has 0 spiro atoms. The zero-order chi connectivity index (χ0) is 21.6. The van der Waals surface area contributed by atoms with E-state index in [9.17, 15) is 4.39 Å². The Hall–Kier alpha value is -2.53. The molecule has 4 nitrogen and oxygen atoms in total. The van der Waals surface area contributed by atoms with E-state index in [1.807, 2.05) is 4.68 Å². The third kappa shape index (κ3) is 5.59. The molecule has 0 aliphatic heterocycles. The van der Waals surface area contributed by atoms with E-state index < -0.39 is 0 Å². The lowest BCUT2D eigenvalue weighted by Gasteiger charge is -2.20. The van der Waals surface area contributed by atoms with Crippen LogP contribution in [0.2, 0.25) is 0 Å². The Kier molecular flexibility index (Phi) is 7.13. The molecule has 1 aliphatic carbocycles. The maximum Gasteiger partial charge on any atom is 0.165 e. The van der Waals surface area contributed by atoms with Crippen molar-refractivity contribution < 1.29 is 4.39 Å². The smallest absolute Gasteiger partial charge is 0.165 e. The van der Waals surface area contributed by atoms with E-state index in [1.54, 1.807) is 12.1 Å². The van der Waals surface area contributed by atoms with E-state index in [0.717, 1.165) is 22.9 Å². The average molecular weight is 421 g/mol. The second-order valence-corrected chi connectivity index (χ2v) is 8.94. The Morgan fingerprint density at radius 2 is 1.58 bits per heavy atom. The van der Waals surface area contributed by atoms with Gasteiger partial charge in [0.2, 0.25) is 0 Å². The first-order valence-corrected chi connectivity index (χ1v) is 11.7. The summed E-state index contributed by atoms with van der Waals surface area (Å²) >= 11 is 0. The minimum atomic E-state index is -0.252. The van der Waals surface area contributed by atoms with Crippen molar-refractivity contribution in [2.24, 2.45) is 0 Å². The van der Waals surface area contributed by atoms with Crippen LogP contribution in [0.4, 0.5) is 4.39 Å². The molecule has 5 heteroatoms. The molecule has 164 valence electrons. The second-order valence-electron chi connectivity index (χ2n) is 8.94. The highest BCUT2D eigenvalue weighted by Crippen LogP contribution is 2.24. The third-order valence-electron chi connectivity index (χ3n) is 6.21. The van der Waals surface area contributed by atoms with Crippen LogP contribution in [0.1, 0.15) is 76.1 Å². The van der Waals surface area contributed by atoms with Crippen molar-refractivity contribution in [3.8, 4) is 17.1 Å². The number of nitrogens with one attached hydrogen (secondary N) is 1. The number of aromatic nitrogens is 3. The van der Waals surface area contributed by atoms with Crippen molar-refractivity contribution in [1.82, 2.24) is 20.1 Å². The third-order valence-corrected chi connectivity index (χ3v) is 6.21. The Bertz CT molecular complexity index is 952. The van der Waals surface area contributed by atoms with Crippen molar-refractivity contribution in [3.63, 3.8) is 0 Å². The van der Waals surface area contributed by atoms with Gasteiger partial charge < -0.3 is 5.32 Å². The van der Waals surface area contributed by atoms with E-state index in [-0.39, 0.29) is 5.82 Å². The first kappa shape index (κ1) is 21.7. The fourth-order valence-corrected chi connectivity index (χ4v) is 4.29. The molecule has 0 amide bonds. The van der Waals surface area contributed by atoms with Crippen LogP contribution in [-0.4, -0.2) is 20.8 Å². The lowest BCUT2D eigenvalue weighted by molar-refractivity contribution is 0.386. The predicted octanol–water partition coefficient (Wildman–Crippen LogP) is 6.40. The van der Waals surface area contributed by atoms with Crippen LogP contribution in [0, 0.1) is 5.82 Å². The summed E-state index contributed by atoms with van der Waals surface area (Å²) in [6.07, 6.45) is 9.09. The van der Waals surface area contributed by atoms with Crippen LogP contribution in [-0.2, 0) is 6.54 Å². The molecule has 0 bridgehead atoms. The second kappa shape index (κ2) is 10.2. The number of halogens is 1. The van der Waals surface area contributed by atoms with Gasteiger partial charge in [-0.05, 0) is 48.6 Å². The predicted molar refractivity (Wildman–Crippen MR) is 124 cm³/mol. The molecule has 0 radical (unpaired) electrons. The summed E-state index contributed by atoms with van der Waals surface area (Å²) in [7, 11) is 0. The largest absolute Gasteiger partial charge is 0.307 e. The van der Waals surface area contributed by atoms with Gasteiger partial charge in [-0.1, -0.05) is 70.2 Å². The molecule has 1 saturated carbocycles. The van der Waals surface area contributed by atoms with Gasteiger partial charge >= 0.3 is 0 Å². The number of nitrogens with zero attached hydrogens (tertiary/aromatic N) is 3. The van der Waals surface area contributed by atoms with Crippen LogP contribution >= 0.6 is 0 Å².